The standard InChI is InChI=1S/C13H21NOS/c1-10-12(7-8-15-10)16-13-6-4-2-3-5-11(13)9-14/h7-8,11,13H,2-6,9,14H2,1H3. The molecular formula is C13H21NOS. The predicted molar refractivity (Wildman–Crippen MR) is 68.7 cm³/mol. The first kappa shape index (κ1) is 12.1. The topological polar surface area (TPSA) is 39.2 Å². The van der Waals surface area contributed by atoms with E-state index < -0.39 is 0 Å². The van der Waals surface area contributed by atoms with Crippen LogP contribution in [0.15, 0.2) is 21.6 Å². The van der Waals surface area contributed by atoms with Crippen LogP contribution in [0.4, 0.5) is 0 Å². The molecule has 2 nitrogen and oxygen atoms in total. The SMILES string of the molecule is Cc1occc1SC1CCCCCC1CN. The molecule has 0 amide bonds. The summed E-state index contributed by atoms with van der Waals surface area (Å²) in [5.74, 6) is 1.73. The van der Waals surface area contributed by atoms with Gasteiger partial charge in [0, 0.05) is 10.1 Å². The number of furan rings is 1. The molecule has 1 aromatic rings. The van der Waals surface area contributed by atoms with Gasteiger partial charge in [-0.1, -0.05) is 19.3 Å². The molecule has 1 aromatic heterocycles. The van der Waals surface area contributed by atoms with E-state index in [4.69, 9.17) is 10.2 Å². The Bertz CT molecular complexity index is 323. The number of hydrogen-bond acceptors (Lipinski definition) is 3. The molecule has 0 spiro atoms. The van der Waals surface area contributed by atoms with Crippen LogP contribution in [-0.4, -0.2) is 11.8 Å². The molecule has 1 aliphatic rings. The number of rotatable bonds is 3. The van der Waals surface area contributed by atoms with E-state index in [0.29, 0.717) is 11.2 Å². The maximum absolute atomic E-state index is 5.89. The zero-order valence-electron chi connectivity index (χ0n) is 9.95. The van der Waals surface area contributed by atoms with Gasteiger partial charge in [0.05, 0.1) is 6.26 Å². The molecule has 2 atom stereocenters. The third-order valence-electron chi connectivity index (χ3n) is 3.48. The number of hydrogen-bond donors (Lipinski definition) is 1. The van der Waals surface area contributed by atoms with Crippen LogP contribution < -0.4 is 5.73 Å². The molecule has 2 unspecified atom stereocenters. The monoisotopic (exact) mass is 239 g/mol. The van der Waals surface area contributed by atoms with Crippen molar-refractivity contribution >= 4 is 11.8 Å². The van der Waals surface area contributed by atoms with Crippen molar-refractivity contribution in [2.24, 2.45) is 11.7 Å². The second kappa shape index (κ2) is 5.78. The van der Waals surface area contributed by atoms with Crippen molar-refractivity contribution in [2.75, 3.05) is 6.54 Å². The number of nitrogens with two attached hydrogens (primary N) is 1. The average molecular weight is 239 g/mol. The predicted octanol–water partition coefficient (Wildman–Crippen LogP) is 3.59. The van der Waals surface area contributed by atoms with E-state index in [2.05, 4.69) is 6.07 Å². The molecule has 0 aromatic carbocycles. The fraction of sp³-hybridized carbons (Fsp3) is 0.692. The summed E-state index contributed by atoms with van der Waals surface area (Å²) in [4.78, 5) is 1.30. The van der Waals surface area contributed by atoms with E-state index >= 15 is 0 Å². The highest BCUT2D eigenvalue weighted by molar-refractivity contribution is 8.00. The third-order valence-corrected chi connectivity index (χ3v) is 5.08. The summed E-state index contributed by atoms with van der Waals surface area (Å²) in [5, 5.41) is 0.684. The molecule has 2 rings (SSSR count). The van der Waals surface area contributed by atoms with Gasteiger partial charge >= 0.3 is 0 Å². The van der Waals surface area contributed by atoms with Gasteiger partial charge in [-0.2, -0.15) is 0 Å². The summed E-state index contributed by atoms with van der Waals surface area (Å²) in [6, 6.07) is 2.08. The van der Waals surface area contributed by atoms with Crippen LogP contribution in [0.5, 0.6) is 0 Å². The van der Waals surface area contributed by atoms with Crippen molar-refractivity contribution in [1.29, 1.82) is 0 Å². The molecule has 1 aliphatic carbocycles. The molecule has 16 heavy (non-hydrogen) atoms. The molecule has 1 fully saturated rings. The fourth-order valence-electron chi connectivity index (χ4n) is 2.43. The summed E-state index contributed by atoms with van der Waals surface area (Å²) in [6.45, 7) is 2.87. The van der Waals surface area contributed by atoms with Gasteiger partial charge in [0.1, 0.15) is 5.76 Å². The molecular weight excluding hydrogens is 218 g/mol. The highest BCUT2D eigenvalue weighted by Crippen LogP contribution is 2.37. The molecule has 0 radical (unpaired) electrons. The molecule has 90 valence electrons. The van der Waals surface area contributed by atoms with Gasteiger partial charge in [0.25, 0.3) is 0 Å². The summed E-state index contributed by atoms with van der Waals surface area (Å²) in [6.07, 6.45) is 8.46. The molecule has 0 aliphatic heterocycles. The summed E-state index contributed by atoms with van der Waals surface area (Å²) < 4.78 is 5.35. The van der Waals surface area contributed by atoms with Gasteiger partial charge in [-0.25, -0.2) is 0 Å². The Hall–Kier alpha value is -0.410. The quantitative estimate of drug-likeness (QED) is 0.819. The largest absolute Gasteiger partial charge is 0.468 e. The summed E-state index contributed by atoms with van der Waals surface area (Å²) >= 11 is 1.97. The second-order valence-corrected chi connectivity index (χ2v) is 5.91. The molecule has 1 saturated carbocycles. The van der Waals surface area contributed by atoms with Crippen LogP contribution >= 0.6 is 11.8 Å². The summed E-state index contributed by atoms with van der Waals surface area (Å²) in [7, 11) is 0. The van der Waals surface area contributed by atoms with Crippen LogP contribution in [0.2, 0.25) is 0 Å². The summed E-state index contributed by atoms with van der Waals surface area (Å²) in [5.41, 5.74) is 5.89. The van der Waals surface area contributed by atoms with Gasteiger partial charge in [0.2, 0.25) is 0 Å². The van der Waals surface area contributed by atoms with Crippen LogP contribution in [0.1, 0.15) is 37.9 Å². The third kappa shape index (κ3) is 2.83. The van der Waals surface area contributed by atoms with Crippen LogP contribution in [0, 0.1) is 12.8 Å². The minimum Gasteiger partial charge on any atom is -0.468 e. The maximum atomic E-state index is 5.89. The molecule has 0 saturated heterocycles. The first-order valence-corrected chi connectivity index (χ1v) is 7.10. The van der Waals surface area contributed by atoms with Gasteiger partial charge < -0.3 is 10.2 Å². The zero-order chi connectivity index (χ0) is 11.4. The van der Waals surface area contributed by atoms with Gasteiger partial charge in [-0.05, 0) is 38.3 Å². The zero-order valence-corrected chi connectivity index (χ0v) is 10.8. The Kier molecular flexibility index (Phi) is 4.36. The van der Waals surface area contributed by atoms with E-state index in [9.17, 15) is 0 Å². The first-order valence-electron chi connectivity index (χ1n) is 6.22. The Morgan fingerprint density at radius 3 is 2.88 bits per heavy atom. The molecule has 1 heterocycles. The Balaban J connectivity index is 2.03. The highest BCUT2D eigenvalue weighted by Gasteiger charge is 2.24. The fourth-order valence-corrected chi connectivity index (χ4v) is 3.83. The lowest BCUT2D eigenvalue weighted by atomic mass is 10.0. The lowest BCUT2D eigenvalue weighted by Crippen LogP contribution is -2.24. The minimum absolute atomic E-state index is 0.682. The van der Waals surface area contributed by atoms with Crippen molar-refractivity contribution in [3.8, 4) is 0 Å². The van der Waals surface area contributed by atoms with Crippen LogP contribution in [0.3, 0.4) is 0 Å². The van der Waals surface area contributed by atoms with Gasteiger partial charge in [-0.3, -0.25) is 0 Å². The lowest BCUT2D eigenvalue weighted by molar-refractivity contribution is 0.483. The first-order chi connectivity index (χ1) is 7.81. The molecule has 0 bridgehead atoms. The van der Waals surface area contributed by atoms with Gasteiger partial charge in [-0.15, -0.1) is 11.8 Å². The Morgan fingerprint density at radius 2 is 2.19 bits per heavy atom. The lowest BCUT2D eigenvalue weighted by Gasteiger charge is -2.22. The van der Waals surface area contributed by atoms with Crippen LogP contribution in [0.25, 0.3) is 0 Å². The average Bonchev–Trinajstić information content (AvgIpc) is 2.56. The molecule has 3 heteroatoms. The molecule has 2 N–H and O–H groups in total. The van der Waals surface area contributed by atoms with Crippen molar-refractivity contribution < 1.29 is 4.42 Å². The number of thioether (sulfide) groups is 1. The smallest absolute Gasteiger partial charge is 0.114 e. The van der Waals surface area contributed by atoms with Crippen molar-refractivity contribution in [2.45, 2.75) is 49.2 Å². The minimum atomic E-state index is 0.682. The van der Waals surface area contributed by atoms with E-state index in [1.807, 2.05) is 18.7 Å². The van der Waals surface area contributed by atoms with Crippen LogP contribution in [-0.2, 0) is 0 Å². The highest BCUT2D eigenvalue weighted by atomic mass is 32.2. The van der Waals surface area contributed by atoms with E-state index in [0.717, 1.165) is 12.3 Å². The van der Waals surface area contributed by atoms with Gasteiger partial charge in [0.15, 0.2) is 0 Å². The second-order valence-electron chi connectivity index (χ2n) is 4.63. The van der Waals surface area contributed by atoms with Crippen molar-refractivity contribution in [3.63, 3.8) is 0 Å². The van der Waals surface area contributed by atoms with Crippen molar-refractivity contribution in [3.05, 3.63) is 18.1 Å². The van der Waals surface area contributed by atoms with E-state index in [-0.39, 0.29) is 0 Å². The van der Waals surface area contributed by atoms with Crippen molar-refractivity contribution in [1.82, 2.24) is 0 Å². The normalized spacial score (nSPS) is 26.6. The number of aryl methyl sites for hydroxylation is 1. The van der Waals surface area contributed by atoms with E-state index in [1.54, 1.807) is 6.26 Å². The maximum Gasteiger partial charge on any atom is 0.114 e. The van der Waals surface area contributed by atoms with E-state index in [1.165, 1.54) is 37.0 Å². The Labute approximate surface area is 102 Å². The Morgan fingerprint density at radius 1 is 1.38 bits per heavy atom.